The minimum Gasteiger partial charge on any atom is -0.0991 e. The first-order chi connectivity index (χ1) is 8.91. The maximum Gasteiger partial charge on any atom is -0.0348 e. The molecular weight excluding hydrogens is 216 g/mol. The van der Waals surface area contributed by atoms with Gasteiger partial charge in [0.1, 0.15) is 0 Å². The van der Waals surface area contributed by atoms with Crippen molar-refractivity contribution in [2.24, 2.45) is 0 Å². The lowest BCUT2D eigenvalue weighted by atomic mass is 10.1. The Balaban J connectivity index is 3.05. The molecule has 0 saturated carbocycles. The number of hydrogen-bond donors (Lipinski definition) is 0. The normalized spacial score (nSPS) is 11.6. The van der Waals surface area contributed by atoms with Crippen LogP contribution in [0, 0.1) is 6.42 Å². The summed E-state index contributed by atoms with van der Waals surface area (Å²) < 4.78 is 0. The number of rotatable bonds is 13. The van der Waals surface area contributed by atoms with Crippen molar-refractivity contribution in [2.45, 2.75) is 71.1 Å². The maximum atomic E-state index is 3.64. The van der Waals surface area contributed by atoms with Crippen molar-refractivity contribution in [3.63, 3.8) is 0 Å². The van der Waals surface area contributed by atoms with Gasteiger partial charge in [-0.3, -0.25) is 0 Å². The van der Waals surface area contributed by atoms with Crippen molar-refractivity contribution in [1.29, 1.82) is 0 Å². The van der Waals surface area contributed by atoms with E-state index < -0.39 is 0 Å². The minimum atomic E-state index is 1.21. The summed E-state index contributed by atoms with van der Waals surface area (Å²) in [5.74, 6) is 0. The molecule has 0 saturated heterocycles. The molecule has 0 aliphatic carbocycles. The van der Waals surface area contributed by atoms with Gasteiger partial charge in [0.25, 0.3) is 0 Å². The summed E-state index contributed by atoms with van der Waals surface area (Å²) in [5.41, 5.74) is 0. The highest BCUT2D eigenvalue weighted by Gasteiger charge is 1.91. The fraction of sp³-hybridized carbons (Fsp3) is 0.611. The summed E-state index contributed by atoms with van der Waals surface area (Å²) in [7, 11) is 0. The van der Waals surface area contributed by atoms with Gasteiger partial charge in [0.05, 0.1) is 0 Å². The predicted molar refractivity (Wildman–Crippen MR) is 84.6 cm³/mol. The van der Waals surface area contributed by atoms with Gasteiger partial charge in [-0.2, -0.15) is 0 Å². The van der Waals surface area contributed by atoms with Crippen LogP contribution in [0.25, 0.3) is 0 Å². The summed E-state index contributed by atoms with van der Waals surface area (Å²) in [4.78, 5) is 0. The van der Waals surface area contributed by atoms with Gasteiger partial charge in [0.15, 0.2) is 0 Å². The van der Waals surface area contributed by atoms with E-state index in [2.05, 4.69) is 32.1 Å². The Kier molecular flexibility index (Phi) is 15.5. The first-order valence-corrected chi connectivity index (χ1v) is 7.67. The molecule has 18 heavy (non-hydrogen) atoms. The molecule has 0 bridgehead atoms. The van der Waals surface area contributed by atoms with E-state index in [1.807, 2.05) is 18.2 Å². The van der Waals surface area contributed by atoms with Crippen LogP contribution >= 0.6 is 0 Å². The molecule has 0 heterocycles. The van der Waals surface area contributed by atoms with Gasteiger partial charge in [-0.1, -0.05) is 95.2 Å². The summed E-state index contributed by atoms with van der Waals surface area (Å²) >= 11 is 0. The summed E-state index contributed by atoms with van der Waals surface area (Å²) in [5, 5.41) is 0. The standard InChI is InChI=1S/C18H31/c1-3-5-7-9-11-13-15-17-18-16-14-12-10-8-6-4-2/h3,5,7-9,11H,1,4,6,10,12-18H2,2H3. The number of allylic oxidation sites excluding steroid dienone is 5. The lowest BCUT2D eigenvalue weighted by Crippen LogP contribution is -1.81. The first-order valence-electron chi connectivity index (χ1n) is 7.67. The van der Waals surface area contributed by atoms with Crippen LogP contribution in [-0.2, 0) is 0 Å². The molecule has 0 unspecified atom stereocenters. The van der Waals surface area contributed by atoms with Gasteiger partial charge >= 0.3 is 0 Å². The van der Waals surface area contributed by atoms with Crippen LogP contribution in [0.2, 0.25) is 0 Å². The molecule has 0 fully saturated rings. The molecule has 0 aromatic heterocycles. The monoisotopic (exact) mass is 247 g/mol. The Bertz CT molecular complexity index is 210. The van der Waals surface area contributed by atoms with Crippen molar-refractivity contribution in [1.82, 2.24) is 0 Å². The Morgan fingerprint density at radius 2 is 1.39 bits per heavy atom. The number of hydrogen-bond acceptors (Lipinski definition) is 0. The van der Waals surface area contributed by atoms with Crippen LogP contribution in [0.3, 0.4) is 0 Å². The molecule has 0 aromatic carbocycles. The van der Waals surface area contributed by atoms with Crippen molar-refractivity contribution in [2.75, 3.05) is 0 Å². The Hall–Kier alpha value is -0.780. The number of unbranched alkanes of at least 4 members (excludes halogenated alkanes) is 10. The van der Waals surface area contributed by atoms with Crippen molar-refractivity contribution < 1.29 is 0 Å². The average Bonchev–Trinajstić information content (AvgIpc) is 2.39. The van der Waals surface area contributed by atoms with Gasteiger partial charge in [-0.05, 0) is 19.3 Å². The van der Waals surface area contributed by atoms with E-state index in [-0.39, 0.29) is 0 Å². The fourth-order valence-electron chi connectivity index (χ4n) is 1.92. The highest BCUT2D eigenvalue weighted by Crippen LogP contribution is 2.10. The molecule has 0 amide bonds. The van der Waals surface area contributed by atoms with E-state index in [0.29, 0.717) is 0 Å². The van der Waals surface area contributed by atoms with E-state index in [4.69, 9.17) is 0 Å². The third-order valence-corrected chi connectivity index (χ3v) is 3.02. The van der Waals surface area contributed by atoms with E-state index >= 15 is 0 Å². The van der Waals surface area contributed by atoms with E-state index in [1.54, 1.807) is 0 Å². The second kappa shape index (κ2) is 16.2. The van der Waals surface area contributed by atoms with Crippen molar-refractivity contribution in [3.8, 4) is 0 Å². The lowest BCUT2D eigenvalue weighted by Gasteiger charge is -2.00. The lowest BCUT2D eigenvalue weighted by molar-refractivity contribution is 0.590. The zero-order chi connectivity index (χ0) is 13.3. The molecule has 0 rings (SSSR count). The topological polar surface area (TPSA) is 0 Å². The zero-order valence-corrected chi connectivity index (χ0v) is 12.2. The molecule has 0 atom stereocenters. The van der Waals surface area contributed by atoms with Gasteiger partial charge in [0, 0.05) is 0 Å². The largest absolute Gasteiger partial charge is 0.0991 e. The molecule has 0 aromatic rings. The molecule has 0 nitrogen and oxygen atoms in total. The molecular formula is C18H31. The van der Waals surface area contributed by atoms with Crippen LogP contribution in [0.4, 0.5) is 0 Å². The smallest absolute Gasteiger partial charge is 0.0348 e. The molecule has 0 aliphatic heterocycles. The second-order valence-electron chi connectivity index (χ2n) is 4.82. The summed E-state index contributed by atoms with van der Waals surface area (Å²) in [6, 6.07) is 0. The zero-order valence-electron chi connectivity index (χ0n) is 12.2. The fourth-order valence-corrected chi connectivity index (χ4v) is 1.92. The van der Waals surface area contributed by atoms with Crippen molar-refractivity contribution in [3.05, 3.63) is 43.4 Å². The second-order valence-corrected chi connectivity index (χ2v) is 4.82. The van der Waals surface area contributed by atoms with Crippen LogP contribution in [0.15, 0.2) is 37.0 Å². The van der Waals surface area contributed by atoms with Crippen molar-refractivity contribution >= 4 is 0 Å². The third kappa shape index (κ3) is 15.2. The summed E-state index contributed by atoms with van der Waals surface area (Å²) in [6.45, 7) is 5.89. The van der Waals surface area contributed by atoms with Crippen LogP contribution < -0.4 is 0 Å². The van der Waals surface area contributed by atoms with Crippen LogP contribution in [-0.4, -0.2) is 0 Å². The Morgan fingerprint density at radius 1 is 0.722 bits per heavy atom. The van der Waals surface area contributed by atoms with E-state index in [1.165, 1.54) is 64.2 Å². The van der Waals surface area contributed by atoms with E-state index in [9.17, 15) is 0 Å². The van der Waals surface area contributed by atoms with Crippen LogP contribution in [0.5, 0.6) is 0 Å². The Labute approximate surface area is 115 Å². The van der Waals surface area contributed by atoms with Gasteiger partial charge in [-0.25, -0.2) is 0 Å². The predicted octanol–water partition coefficient (Wildman–Crippen LogP) is 6.41. The highest BCUT2D eigenvalue weighted by atomic mass is 14.0. The molecule has 1 radical (unpaired) electrons. The van der Waals surface area contributed by atoms with E-state index in [0.717, 1.165) is 0 Å². The molecule has 0 spiro atoms. The minimum absolute atomic E-state index is 1.21. The SMILES string of the molecule is C=CC=CC=CCCCCCCCC[CH]CCC. The quantitative estimate of drug-likeness (QED) is 0.260. The third-order valence-electron chi connectivity index (χ3n) is 3.02. The molecule has 103 valence electrons. The van der Waals surface area contributed by atoms with Crippen LogP contribution in [0.1, 0.15) is 71.1 Å². The Morgan fingerprint density at radius 3 is 2.06 bits per heavy atom. The highest BCUT2D eigenvalue weighted by molar-refractivity contribution is 5.08. The molecule has 0 N–H and O–H groups in total. The van der Waals surface area contributed by atoms with Gasteiger partial charge in [-0.15, -0.1) is 0 Å². The maximum absolute atomic E-state index is 3.64. The molecule has 0 aliphatic rings. The van der Waals surface area contributed by atoms with Gasteiger partial charge < -0.3 is 0 Å². The first kappa shape index (κ1) is 17.2. The summed E-state index contributed by atoms with van der Waals surface area (Å²) in [6.07, 6.45) is 26.1. The molecule has 0 heteroatoms. The van der Waals surface area contributed by atoms with Gasteiger partial charge in [0.2, 0.25) is 0 Å². The average molecular weight is 247 g/mol.